The Balaban J connectivity index is 1.44. The molecule has 0 aliphatic rings. The molecular weight excluding hydrogens is 472 g/mol. The van der Waals surface area contributed by atoms with Crippen LogP contribution in [0.5, 0.6) is 0 Å². The van der Waals surface area contributed by atoms with Crippen LogP contribution in [0.25, 0.3) is 16.0 Å². The maximum absolute atomic E-state index is 12.6. The lowest BCUT2D eigenvalue weighted by molar-refractivity contribution is -0.119. The first-order valence-electron chi connectivity index (χ1n) is 10.6. The normalized spacial score (nSPS) is 12.1. The molecule has 170 valence electrons. The van der Waals surface area contributed by atoms with Gasteiger partial charge in [0.2, 0.25) is 5.91 Å². The lowest BCUT2D eigenvalue weighted by Crippen LogP contribution is -2.34. The van der Waals surface area contributed by atoms with Gasteiger partial charge in [-0.2, -0.15) is 0 Å². The van der Waals surface area contributed by atoms with Crippen LogP contribution in [0.2, 0.25) is 0 Å². The van der Waals surface area contributed by atoms with E-state index in [1.54, 1.807) is 4.57 Å². The van der Waals surface area contributed by atoms with Crippen LogP contribution in [-0.4, -0.2) is 32.2 Å². The van der Waals surface area contributed by atoms with Crippen molar-refractivity contribution in [1.29, 1.82) is 0 Å². The number of fused-ring (bicyclic) bond motifs is 1. The van der Waals surface area contributed by atoms with E-state index in [1.165, 1.54) is 28.7 Å². The molecule has 2 heterocycles. The molecule has 0 fully saturated rings. The van der Waals surface area contributed by atoms with E-state index in [9.17, 15) is 9.59 Å². The number of aromatic nitrogens is 3. The minimum absolute atomic E-state index is 0.0520. The van der Waals surface area contributed by atoms with E-state index in [0.717, 1.165) is 24.1 Å². The number of thioether (sulfide) groups is 1. The van der Waals surface area contributed by atoms with Crippen molar-refractivity contribution in [1.82, 2.24) is 19.9 Å². The number of H-pyrrole nitrogens is 1. The molecule has 1 amide bonds. The van der Waals surface area contributed by atoms with Crippen molar-refractivity contribution in [2.45, 2.75) is 37.9 Å². The van der Waals surface area contributed by atoms with Crippen molar-refractivity contribution in [3.8, 4) is 5.69 Å². The molecule has 2 N–H and O–H groups in total. The van der Waals surface area contributed by atoms with Gasteiger partial charge in [-0.3, -0.25) is 14.2 Å². The monoisotopic (exact) mass is 496 g/mol. The predicted molar refractivity (Wildman–Crippen MR) is 138 cm³/mol. The second-order valence-corrected chi connectivity index (χ2v) is 10.5. The summed E-state index contributed by atoms with van der Waals surface area (Å²) in [5, 5.41) is 3.42. The van der Waals surface area contributed by atoms with Gasteiger partial charge in [-0.1, -0.05) is 71.1 Å². The standard InChI is InChI=1S/C24H24N4O2S3/c1-15-8-12-18(13-9-15)28-21-20(33-24(28)31)22(30)27-23(26-21)32-14-19(29)25-16(2)10-11-17-6-4-3-5-7-17/h3-9,12-13,16H,10-11,14H2,1-2H3,(H,25,29)(H,26,27,30)/t16-/m1/s1. The van der Waals surface area contributed by atoms with Gasteiger partial charge in [-0.15, -0.1) is 0 Å². The Hall–Kier alpha value is -2.75. The Morgan fingerprint density at radius 2 is 1.94 bits per heavy atom. The Morgan fingerprint density at radius 3 is 2.67 bits per heavy atom. The van der Waals surface area contributed by atoms with Crippen LogP contribution in [0.1, 0.15) is 24.5 Å². The summed E-state index contributed by atoms with van der Waals surface area (Å²) in [6.45, 7) is 4.01. The van der Waals surface area contributed by atoms with E-state index in [2.05, 4.69) is 27.4 Å². The highest BCUT2D eigenvalue weighted by Crippen LogP contribution is 2.24. The first-order chi connectivity index (χ1) is 15.9. The summed E-state index contributed by atoms with van der Waals surface area (Å²) in [4.78, 5) is 32.5. The SMILES string of the molecule is Cc1ccc(-n2c(=S)sc3c(=O)[nH]c(SCC(=O)N[C@H](C)CCc4ccccc4)nc32)cc1. The molecule has 9 heteroatoms. The Morgan fingerprint density at radius 1 is 1.21 bits per heavy atom. The number of rotatable bonds is 8. The Bertz CT molecular complexity index is 1380. The van der Waals surface area contributed by atoms with E-state index < -0.39 is 0 Å². The predicted octanol–water partition coefficient (Wildman–Crippen LogP) is 5.04. The Kier molecular flexibility index (Phi) is 7.42. The fourth-order valence-corrected chi connectivity index (χ4v) is 5.37. The maximum Gasteiger partial charge on any atom is 0.271 e. The number of nitrogens with zero attached hydrogens (tertiary/aromatic N) is 2. The van der Waals surface area contributed by atoms with E-state index in [-0.39, 0.29) is 23.3 Å². The number of nitrogens with one attached hydrogen (secondary N) is 2. The van der Waals surface area contributed by atoms with Crippen LogP contribution in [0, 0.1) is 10.9 Å². The van der Waals surface area contributed by atoms with Gasteiger partial charge in [-0.05, 0) is 56.6 Å². The van der Waals surface area contributed by atoms with Gasteiger partial charge in [0, 0.05) is 11.7 Å². The highest BCUT2D eigenvalue weighted by molar-refractivity contribution is 7.99. The number of amides is 1. The molecule has 33 heavy (non-hydrogen) atoms. The van der Waals surface area contributed by atoms with Crippen molar-refractivity contribution >= 4 is 51.6 Å². The highest BCUT2D eigenvalue weighted by atomic mass is 32.2. The fourth-order valence-electron chi connectivity index (χ4n) is 3.43. The summed E-state index contributed by atoms with van der Waals surface area (Å²) in [5.41, 5.74) is 3.51. The number of aromatic amines is 1. The molecule has 0 unspecified atom stereocenters. The van der Waals surface area contributed by atoms with Crippen molar-refractivity contribution < 1.29 is 4.79 Å². The third-order valence-corrected chi connectivity index (χ3v) is 7.40. The smallest absolute Gasteiger partial charge is 0.271 e. The molecule has 0 bridgehead atoms. The van der Waals surface area contributed by atoms with Crippen LogP contribution >= 0.6 is 35.3 Å². The van der Waals surface area contributed by atoms with Crippen molar-refractivity contribution in [3.05, 3.63) is 80.0 Å². The molecule has 0 aliphatic carbocycles. The largest absolute Gasteiger partial charge is 0.353 e. The van der Waals surface area contributed by atoms with Crippen LogP contribution in [-0.2, 0) is 11.2 Å². The number of carbonyl (C=O) groups excluding carboxylic acids is 1. The van der Waals surface area contributed by atoms with E-state index >= 15 is 0 Å². The zero-order valence-corrected chi connectivity index (χ0v) is 20.8. The van der Waals surface area contributed by atoms with E-state index in [1.807, 2.05) is 56.3 Å². The van der Waals surface area contributed by atoms with Gasteiger partial charge < -0.3 is 10.3 Å². The Labute approximate surface area is 205 Å². The molecule has 4 rings (SSSR count). The molecule has 1 atom stereocenters. The lowest BCUT2D eigenvalue weighted by atomic mass is 10.1. The summed E-state index contributed by atoms with van der Waals surface area (Å²) >= 11 is 7.94. The first kappa shape index (κ1) is 23.4. The third-order valence-electron chi connectivity index (χ3n) is 5.17. The van der Waals surface area contributed by atoms with Crippen LogP contribution in [0.3, 0.4) is 0 Å². The summed E-state index contributed by atoms with van der Waals surface area (Å²) in [7, 11) is 0. The zero-order chi connectivity index (χ0) is 23.4. The lowest BCUT2D eigenvalue weighted by Gasteiger charge is -2.13. The first-order valence-corrected chi connectivity index (χ1v) is 12.8. The molecule has 0 saturated heterocycles. The van der Waals surface area contributed by atoms with Gasteiger partial charge in [0.1, 0.15) is 4.70 Å². The van der Waals surface area contributed by atoms with Crippen LogP contribution in [0.15, 0.2) is 64.5 Å². The summed E-state index contributed by atoms with van der Waals surface area (Å²) in [6.07, 6.45) is 1.76. The van der Waals surface area contributed by atoms with Crippen molar-refractivity contribution in [2.24, 2.45) is 0 Å². The molecule has 0 radical (unpaired) electrons. The minimum atomic E-state index is -0.249. The molecular formula is C24H24N4O2S3. The van der Waals surface area contributed by atoms with Gasteiger partial charge in [0.15, 0.2) is 14.8 Å². The van der Waals surface area contributed by atoms with Gasteiger partial charge in [0.25, 0.3) is 5.56 Å². The van der Waals surface area contributed by atoms with E-state index in [4.69, 9.17) is 12.2 Å². The molecule has 2 aromatic heterocycles. The number of aryl methyl sites for hydroxylation is 2. The molecule has 6 nitrogen and oxygen atoms in total. The molecule has 0 aliphatic heterocycles. The average Bonchev–Trinajstić information content (AvgIpc) is 3.14. The molecule has 0 saturated carbocycles. The zero-order valence-electron chi connectivity index (χ0n) is 18.3. The van der Waals surface area contributed by atoms with E-state index in [0.29, 0.717) is 19.5 Å². The van der Waals surface area contributed by atoms with Crippen LogP contribution < -0.4 is 10.9 Å². The topological polar surface area (TPSA) is 79.8 Å². The number of hydrogen-bond donors (Lipinski definition) is 2. The second kappa shape index (κ2) is 10.5. The quantitative estimate of drug-likeness (QED) is 0.203. The number of hydrogen-bond acceptors (Lipinski definition) is 6. The number of carbonyl (C=O) groups is 1. The fraction of sp³-hybridized carbons (Fsp3) is 0.250. The molecule has 0 spiro atoms. The minimum Gasteiger partial charge on any atom is -0.353 e. The van der Waals surface area contributed by atoms with Gasteiger partial charge in [-0.25, -0.2) is 4.98 Å². The summed E-state index contributed by atoms with van der Waals surface area (Å²) < 4.78 is 2.84. The molecule has 2 aromatic carbocycles. The second-order valence-electron chi connectivity index (χ2n) is 7.84. The average molecular weight is 497 g/mol. The van der Waals surface area contributed by atoms with Crippen molar-refractivity contribution in [2.75, 3.05) is 5.75 Å². The number of thiazole rings is 1. The van der Waals surface area contributed by atoms with Crippen molar-refractivity contribution in [3.63, 3.8) is 0 Å². The maximum atomic E-state index is 12.6. The summed E-state index contributed by atoms with van der Waals surface area (Å²) in [5.74, 6) is 0.0727. The van der Waals surface area contributed by atoms with Gasteiger partial charge in [0.05, 0.1) is 5.75 Å². The van der Waals surface area contributed by atoms with Crippen LogP contribution in [0.4, 0.5) is 0 Å². The molecule has 4 aromatic rings. The third kappa shape index (κ3) is 5.79. The summed E-state index contributed by atoms with van der Waals surface area (Å²) in [6, 6.07) is 18.2. The van der Waals surface area contributed by atoms with Gasteiger partial charge >= 0.3 is 0 Å². The number of benzene rings is 2. The highest BCUT2D eigenvalue weighted by Gasteiger charge is 2.15.